The minimum Gasteiger partial charge on any atom is -0.493 e. The van der Waals surface area contributed by atoms with Crippen molar-refractivity contribution in [2.75, 3.05) is 27.4 Å². The molecular weight excluding hydrogens is 450 g/mol. The fraction of sp³-hybridized carbons (Fsp3) is 0.269. The molecule has 1 aromatic heterocycles. The van der Waals surface area contributed by atoms with Crippen LogP contribution in [0.2, 0.25) is 0 Å². The quantitative estimate of drug-likeness (QED) is 0.353. The van der Waals surface area contributed by atoms with E-state index in [1.165, 1.54) is 24.7 Å². The van der Waals surface area contributed by atoms with E-state index in [1.807, 2.05) is 18.2 Å². The van der Waals surface area contributed by atoms with Crippen molar-refractivity contribution >= 4 is 28.5 Å². The Morgan fingerprint density at radius 3 is 2.76 bits per heavy atom. The third kappa shape index (κ3) is 5.28. The largest absolute Gasteiger partial charge is 0.493 e. The van der Waals surface area contributed by atoms with Gasteiger partial charge in [0.1, 0.15) is 11.1 Å². The van der Waals surface area contributed by atoms with E-state index in [-0.39, 0.29) is 6.61 Å². The number of esters is 1. The average Bonchev–Trinajstić information content (AvgIpc) is 3.23. The second-order valence-electron chi connectivity index (χ2n) is 7.74. The topological polar surface area (TPSA) is 84.2 Å². The molecule has 8 heteroatoms. The first kappa shape index (κ1) is 23.5. The zero-order valence-electron chi connectivity index (χ0n) is 19.1. The Balaban J connectivity index is 1.57. The van der Waals surface area contributed by atoms with Crippen molar-refractivity contribution in [3.05, 3.63) is 75.7 Å². The van der Waals surface area contributed by atoms with Crippen LogP contribution in [0.5, 0.6) is 11.5 Å². The molecular formula is C26H25N3O4S. The van der Waals surface area contributed by atoms with Gasteiger partial charge in [0, 0.05) is 36.3 Å². The molecule has 2 heterocycles. The molecule has 0 N–H and O–H groups in total. The maximum atomic E-state index is 11.6. The fourth-order valence-electron chi connectivity index (χ4n) is 3.89. The first-order valence-electron chi connectivity index (χ1n) is 10.8. The van der Waals surface area contributed by atoms with Gasteiger partial charge in [-0.05, 0) is 29.7 Å². The van der Waals surface area contributed by atoms with Crippen molar-refractivity contribution in [1.82, 2.24) is 4.90 Å². The van der Waals surface area contributed by atoms with Gasteiger partial charge in [-0.1, -0.05) is 36.4 Å². The number of methoxy groups -OCH3 is 2. The summed E-state index contributed by atoms with van der Waals surface area (Å²) in [6, 6.07) is 18.1. The lowest BCUT2D eigenvalue weighted by molar-refractivity contribution is -0.142. The van der Waals surface area contributed by atoms with Crippen LogP contribution in [-0.4, -0.2) is 44.5 Å². The van der Waals surface area contributed by atoms with Crippen LogP contribution < -0.4 is 9.47 Å². The highest BCUT2D eigenvalue weighted by Gasteiger charge is 2.24. The molecule has 3 aromatic rings. The number of hydrogen-bond donors (Lipinski definition) is 0. The maximum Gasteiger partial charge on any atom is 0.343 e. The number of aliphatic imine (C=N–C) groups is 1. The van der Waals surface area contributed by atoms with E-state index in [2.05, 4.69) is 45.0 Å². The minimum absolute atomic E-state index is 0.244. The number of thiophene rings is 1. The van der Waals surface area contributed by atoms with Gasteiger partial charge in [0.05, 0.1) is 19.8 Å². The molecule has 1 aliphatic heterocycles. The maximum absolute atomic E-state index is 11.6. The van der Waals surface area contributed by atoms with Crippen LogP contribution in [0.4, 0.5) is 5.00 Å². The molecule has 7 nitrogen and oxygen atoms in total. The van der Waals surface area contributed by atoms with Gasteiger partial charge in [-0.25, -0.2) is 9.79 Å². The summed E-state index contributed by atoms with van der Waals surface area (Å²) in [7, 11) is 2.84. The zero-order valence-corrected chi connectivity index (χ0v) is 19.9. The van der Waals surface area contributed by atoms with Crippen LogP contribution >= 0.6 is 11.3 Å². The van der Waals surface area contributed by atoms with Gasteiger partial charge in [0.15, 0.2) is 18.1 Å². The summed E-state index contributed by atoms with van der Waals surface area (Å²) in [5.41, 5.74) is 3.65. The van der Waals surface area contributed by atoms with E-state index in [4.69, 9.17) is 9.47 Å². The molecule has 174 valence electrons. The molecule has 34 heavy (non-hydrogen) atoms. The number of ether oxygens (including phenoxy) is 3. The number of carbonyl (C=O) groups is 1. The second kappa shape index (κ2) is 11.0. The highest BCUT2D eigenvalue weighted by molar-refractivity contribution is 7.16. The number of rotatable bonds is 8. The van der Waals surface area contributed by atoms with E-state index < -0.39 is 5.97 Å². The Labute approximate surface area is 202 Å². The zero-order chi connectivity index (χ0) is 23.9. The summed E-state index contributed by atoms with van der Waals surface area (Å²) in [4.78, 5) is 19.8. The molecule has 0 amide bonds. The highest BCUT2D eigenvalue weighted by atomic mass is 32.1. The number of hydrogen-bond acceptors (Lipinski definition) is 8. The van der Waals surface area contributed by atoms with Gasteiger partial charge < -0.3 is 14.2 Å². The molecule has 0 radical (unpaired) electrons. The van der Waals surface area contributed by atoms with Crippen molar-refractivity contribution in [3.8, 4) is 17.6 Å². The molecule has 0 saturated carbocycles. The molecule has 0 spiro atoms. The number of benzene rings is 2. The first-order chi connectivity index (χ1) is 16.6. The van der Waals surface area contributed by atoms with E-state index in [1.54, 1.807) is 23.6 Å². The minimum atomic E-state index is -0.494. The Morgan fingerprint density at radius 1 is 1.21 bits per heavy atom. The number of para-hydroxylation sites is 1. The molecule has 0 bridgehead atoms. The van der Waals surface area contributed by atoms with E-state index >= 15 is 0 Å². The third-order valence-corrected chi connectivity index (χ3v) is 6.72. The van der Waals surface area contributed by atoms with Gasteiger partial charge in [-0.15, -0.1) is 11.3 Å². The van der Waals surface area contributed by atoms with Crippen molar-refractivity contribution < 1.29 is 19.0 Å². The van der Waals surface area contributed by atoms with Gasteiger partial charge in [-0.2, -0.15) is 5.26 Å². The Kier molecular flexibility index (Phi) is 7.58. The monoisotopic (exact) mass is 475 g/mol. The lowest BCUT2D eigenvalue weighted by atomic mass is 10.0. The summed E-state index contributed by atoms with van der Waals surface area (Å²) >= 11 is 1.55. The Morgan fingerprint density at radius 2 is 2.03 bits per heavy atom. The van der Waals surface area contributed by atoms with Crippen LogP contribution in [0.15, 0.2) is 53.5 Å². The van der Waals surface area contributed by atoms with Crippen molar-refractivity contribution in [3.63, 3.8) is 0 Å². The van der Waals surface area contributed by atoms with Crippen LogP contribution in [0, 0.1) is 11.3 Å². The standard InChI is InChI=1S/C26H25N3O4S/c1-31-22-10-6-9-19(25(22)33-17-24(30)32-2)14-28-26-21(13-27)20-11-12-29(16-23(20)34-26)15-18-7-4-3-5-8-18/h3-10,14H,11-12,15-17H2,1-2H3. The van der Waals surface area contributed by atoms with E-state index in [0.717, 1.165) is 31.6 Å². The number of carbonyl (C=O) groups excluding carboxylic acids is 1. The molecule has 0 unspecified atom stereocenters. The highest BCUT2D eigenvalue weighted by Crippen LogP contribution is 2.39. The molecule has 0 saturated heterocycles. The Hall–Kier alpha value is -3.67. The smallest absolute Gasteiger partial charge is 0.343 e. The van der Waals surface area contributed by atoms with Crippen LogP contribution in [-0.2, 0) is 29.0 Å². The number of nitrogens with zero attached hydrogens (tertiary/aromatic N) is 3. The SMILES string of the molecule is COC(=O)COc1c(C=Nc2sc3c(c2C#N)CCN(Cc2ccccc2)C3)cccc1OC. The fourth-order valence-corrected chi connectivity index (χ4v) is 5.08. The lowest BCUT2D eigenvalue weighted by Gasteiger charge is -2.26. The predicted octanol–water partition coefficient (Wildman–Crippen LogP) is 4.49. The summed E-state index contributed by atoms with van der Waals surface area (Å²) in [6.07, 6.45) is 2.47. The van der Waals surface area contributed by atoms with Crippen molar-refractivity contribution in [2.45, 2.75) is 19.5 Å². The third-order valence-electron chi connectivity index (χ3n) is 5.59. The summed E-state index contributed by atoms with van der Waals surface area (Å²) in [5.74, 6) is 0.384. The Bertz CT molecular complexity index is 1230. The van der Waals surface area contributed by atoms with Crippen LogP contribution in [0.3, 0.4) is 0 Å². The molecule has 2 aromatic carbocycles. The van der Waals surface area contributed by atoms with Gasteiger partial charge in [0.2, 0.25) is 0 Å². The predicted molar refractivity (Wildman–Crippen MR) is 131 cm³/mol. The number of fused-ring (bicyclic) bond motifs is 1. The second-order valence-corrected chi connectivity index (χ2v) is 8.83. The van der Waals surface area contributed by atoms with E-state index in [0.29, 0.717) is 27.6 Å². The molecule has 0 atom stereocenters. The molecule has 4 rings (SSSR count). The normalized spacial score (nSPS) is 13.3. The van der Waals surface area contributed by atoms with Crippen LogP contribution in [0.25, 0.3) is 0 Å². The van der Waals surface area contributed by atoms with Crippen molar-refractivity contribution in [2.24, 2.45) is 4.99 Å². The van der Waals surface area contributed by atoms with Gasteiger partial charge in [0.25, 0.3) is 0 Å². The number of nitriles is 1. The van der Waals surface area contributed by atoms with E-state index in [9.17, 15) is 10.1 Å². The lowest BCUT2D eigenvalue weighted by Crippen LogP contribution is -2.29. The van der Waals surface area contributed by atoms with Crippen LogP contribution in [0.1, 0.15) is 27.1 Å². The molecule has 0 fully saturated rings. The van der Waals surface area contributed by atoms with Gasteiger partial charge in [-0.3, -0.25) is 4.90 Å². The van der Waals surface area contributed by atoms with Crippen molar-refractivity contribution in [1.29, 1.82) is 5.26 Å². The summed E-state index contributed by atoms with van der Waals surface area (Å²) < 4.78 is 15.7. The first-order valence-corrected chi connectivity index (χ1v) is 11.7. The van der Waals surface area contributed by atoms with Gasteiger partial charge >= 0.3 is 5.97 Å². The molecule has 1 aliphatic rings. The summed E-state index contributed by atoms with van der Waals surface area (Å²) in [6.45, 7) is 2.33. The average molecular weight is 476 g/mol. The molecule has 0 aliphatic carbocycles. The summed E-state index contributed by atoms with van der Waals surface area (Å²) in [5, 5.41) is 10.5.